The van der Waals surface area contributed by atoms with Crippen molar-refractivity contribution in [2.24, 2.45) is 0 Å². The molecule has 0 atom stereocenters. The maximum atomic E-state index is 12.5. The van der Waals surface area contributed by atoms with E-state index in [-0.39, 0.29) is 11.9 Å². The minimum absolute atomic E-state index is 0.0349. The molecule has 116 valence electrons. The molecule has 21 heavy (non-hydrogen) atoms. The van der Waals surface area contributed by atoms with Gasteiger partial charge in [-0.05, 0) is 60.9 Å². The predicted octanol–water partition coefficient (Wildman–Crippen LogP) is 3.68. The van der Waals surface area contributed by atoms with Gasteiger partial charge in [-0.2, -0.15) is 11.8 Å². The molecule has 1 aliphatic rings. The fraction of sp³-hybridized carbons (Fsp3) is 0.600. The summed E-state index contributed by atoms with van der Waals surface area (Å²) in [6, 6.07) is 2.11. The lowest BCUT2D eigenvalue weighted by Crippen LogP contribution is -2.38. The van der Waals surface area contributed by atoms with Crippen molar-refractivity contribution in [1.29, 1.82) is 0 Å². The Morgan fingerprint density at radius 3 is 2.76 bits per heavy atom. The Balaban J connectivity index is 2.01. The van der Waals surface area contributed by atoms with Crippen LogP contribution in [0.5, 0.6) is 0 Å². The van der Waals surface area contributed by atoms with E-state index in [4.69, 9.17) is 0 Å². The van der Waals surface area contributed by atoms with Crippen LogP contribution >= 0.6 is 27.7 Å². The van der Waals surface area contributed by atoms with Gasteiger partial charge in [0.2, 0.25) is 0 Å². The second-order valence-electron chi connectivity index (χ2n) is 5.26. The van der Waals surface area contributed by atoms with Crippen molar-refractivity contribution >= 4 is 39.4 Å². The van der Waals surface area contributed by atoms with Gasteiger partial charge in [-0.15, -0.1) is 0 Å². The lowest BCUT2D eigenvalue weighted by atomic mass is 9.94. The first-order chi connectivity index (χ1) is 10.1. The zero-order valence-electron chi connectivity index (χ0n) is 12.5. The summed E-state index contributed by atoms with van der Waals surface area (Å²) in [7, 11) is 0. The van der Waals surface area contributed by atoms with Gasteiger partial charge in [-0.3, -0.25) is 4.79 Å². The second-order valence-corrected chi connectivity index (χ2v) is 7.32. The molecule has 1 aliphatic carbocycles. The third-order valence-electron chi connectivity index (χ3n) is 3.79. The van der Waals surface area contributed by atoms with Crippen LogP contribution in [0.2, 0.25) is 0 Å². The number of pyridine rings is 1. The average molecular weight is 372 g/mol. The first-order valence-electron chi connectivity index (χ1n) is 7.37. The standard InChI is InChI=1S/C15H22BrN3OS/c1-3-17-14-13(8-10(16)9-18-14)15(20)19-11-4-6-12(21-2)7-5-11/h8-9,11-12H,3-7H2,1-2H3,(H,17,18)(H,19,20). The zero-order chi connectivity index (χ0) is 15.2. The number of amides is 1. The third kappa shape index (κ3) is 4.61. The minimum Gasteiger partial charge on any atom is -0.370 e. The number of carbonyl (C=O) groups excluding carboxylic acids is 1. The van der Waals surface area contributed by atoms with E-state index in [1.807, 2.05) is 24.8 Å². The highest BCUT2D eigenvalue weighted by molar-refractivity contribution is 9.10. The summed E-state index contributed by atoms with van der Waals surface area (Å²) in [5.41, 5.74) is 0.609. The molecule has 0 aliphatic heterocycles. The van der Waals surface area contributed by atoms with Gasteiger partial charge in [0.25, 0.3) is 5.91 Å². The fourth-order valence-corrected chi connectivity index (χ4v) is 3.70. The SMILES string of the molecule is CCNc1ncc(Br)cc1C(=O)NC1CCC(SC)CC1. The molecule has 1 aromatic heterocycles. The second kappa shape index (κ2) is 8.03. The molecule has 4 nitrogen and oxygen atoms in total. The molecule has 0 radical (unpaired) electrons. The first-order valence-corrected chi connectivity index (χ1v) is 9.45. The minimum atomic E-state index is -0.0349. The maximum Gasteiger partial charge on any atom is 0.255 e. The number of halogens is 1. The molecule has 1 aromatic rings. The van der Waals surface area contributed by atoms with Crippen molar-refractivity contribution in [3.63, 3.8) is 0 Å². The van der Waals surface area contributed by atoms with Crippen LogP contribution in [-0.4, -0.2) is 35.0 Å². The molecule has 2 rings (SSSR count). The summed E-state index contributed by atoms with van der Waals surface area (Å²) in [5.74, 6) is 0.614. The van der Waals surface area contributed by atoms with Crippen molar-refractivity contribution in [2.75, 3.05) is 18.1 Å². The molecule has 6 heteroatoms. The van der Waals surface area contributed by atoms with Crippen LogP contribution in [0.1, 0.15) is 43.0 Å². The lowest BCUT2D eigenvalue weighted by molar-refractivity contribution is 0.0928. The first kappa shape index (κ1) is 16.6. The molecule has 2 N–H and O–H groups in total. The highest BCUT2D eigenvalue weighted by Crippen LogP contribution is 2.27. The zero-order valence-corrected chi connectivity index (χ0v) is 14.9. The van der Waals surface area contributed by atoms with E-state index in [0.717, 1.165) is 29.1 Å². The summed E-state index contributed by atoms with van der Waals surface area (Å²) < 4.78 is 0.820. The average Bonchev–Trinajstić information content (AvgIpc) is 2.50. The predicted molar refractivity (Wildman–Crippen MR) is 93.1 cm³/mol. The van der Waals surface area contributed by atoms with Gasteiger partial charge in [0.1, 0.15) is 5.82 Å². The van der Waals surface area contributed by atoms with Crippen molar-refractivity contribution in [2.45, 2.75) is 43.9 Å². The van der Waals surface area contributed by atoms with E-state index >= 15 is 0 Å². The van der Waals surface area contributed by atoms with Crippen LogP contribution in [-0.2, 0) is 0 Å². The molecule has 0 aromatic carbocycles. The monoisotopic (exact) mass is 371 g/mol. The van der Waals surface area contributed by atoms with Crippen molar-refractivity contribution in [3.8, 4) is 0 Å². The van der Waals surface area contributed by atoms with Crippen LogP contribution in [0.4, 0.5) is 5.82 Å². The molecule has 1 fully saturated rings. The van der Waals surface area contributed by atoms with Crippen LogP contribution < -0.4 is 10.6 Å². The number of anilines is 1. The molecule has 0 saturated heterocycles. The van der Waals surface area contributed by atoms with Gasteiger partial charge >= 0.3 is 0 Å². The van der Waals surface area contributed by atoms with E-state index in [1.165, 1.54) is 12.8 Å². The number of nitrogens with one attached hydrogen (secondary N) is 2. The highest BCUT2D eigenvalue weighted by Gasteiger charge is 2.23. The van der Waals surface area contributed by atoms with Crippen LogP contribution in [0.15, 0.2) is 16.7 Å². The summed E-state index contributed by atoms with van der Waals surface area (Å²) in [5, 5.41) is 7.05. The Bertz CT molecular complexity index is 490. The highest BCUT2D eigenvalue weighted by atomic mass is 79.9. The summed E-state index contributed by atoms with van der Waals surface area (Å²) in [6.45, 7) is 2.74. The van der Waals surface area contributed by atoms with Gasteiger partial charge in [-0.1, -0.05) is 0 Å². The number of hydrogen-bond donors (Lipinski definition) is 2. The van der Waals surface area contributed by atoms with E-state index < -0.39 is 0 Å². The molecule has 1 amide bonds. The normalized spacial score (nSPS) is 21.9. The third-order valence-corrected chi connectivity index (χ3v) is 5.36. The number of thioether (sulfide) groups is 1. The van der Waals surface area contributed by atoms with Gasteiger partial charge < -0.3 is 10.6 Å². The Hall–Kier alpha value is -0.750. The van der Waals surface area contributed by atoms with Gasteiger partial charge in [0.15, 0.2) is 0 Å². The Labute approximate surface area is 139 Å². The molecule has 0 unspecified atom stereocenters. The van der Waals surface area contributed by atoms with Crippen LogP contribution in [0.3, 0.4) is 0 Å². The van der Waals surface area contributed by atoms with Gasteiger partial charge in [-0.25, -0.2) is 4.98 Å². The molecular formula is C15H22BrN3OS. The number of hydrogen-bond acceptors (Lipinski definition) is 4. The lowest BCUT2D eigenvalue weighted by Gasteiger charge is -2.28. The number of rotatable bonds is 5. The smallest absolute Gasteiger partial charge is 0.255 e. The van der Waals surface area contributed by atoms with E-state index in [2.05, 4.69) is 37.8 Å². The topological polar surface area (TPSA) is 54.0 Å². The molecule has 1 heterocycles. The summed E-state index contributed by atoms with van der Waals surface area (Å²) >= 11 is 5.32. The number of nitrogens with zero attached hydrogens (tertiary/aromatic N) is 1. The van der Waals surface area contributed by atoms with Crippen LogP contribution in [0, 0.1) is 0 Å². The Morgan fingerprint density at radius 2 is 2.14 bits per heavy atom. The Morgan fingerprint density at radius 1 is 1.43 bits per heavy atom. The van der Waals surface area contributed by atoms with Crippen molar-refractivity contribution in [1.82, 2.24) is 10.3 Å². The van der Waals surface area contributed by atoms with Crippen LogP contribution in [0.25, 0.3) is 0 Å². The molecule has 1 saturated carbocycles. The van der Waals surface area contributed by atoms with E-state index in [1.54, 1.807) is 6.20 Å². The Kier molecular flexibility index (Phi) is 6.36. The molecular weight excluding hydrogens is 350 g/mol. The summed E-state index contributed by atoms with van der Waals surface area (Å²) in [6.07, 6.45) is 8.37. The molecule has 0 spiro atoms. The van der Waals surface area contributed by atoms with Crippen molar-refractivity contribution < 1.29 is 4.79 Å². The van der Waals surface area contributed by atoms with E-state index in [9.17, 15) is 4.79 Å². The van der Waals surface area contributed by atoms with Gasteiger partial charge in [0.05, 0.1) is 5.56 Å². The van der Waals surface area contributed by atoms with E-state index in [0.29, 0.717) is 11.4 Å². The summed E-state index contributed by atoms with van der Waals surface area (Å²) in [4.78, 5) is 16.8. The van der Waals surface area contributed by atoms with Gasteiger partial charge in [0, 0.05) is 28.5 Å². The fourth-order valence-electron chi connectivity index (χ4n) is 2.63. The van der Waals surface area contributed by atoms with Crippen molar-refractivity contribution in [3.05, 3.63) is 22.3 Å². The quantitative estimate of drug-likeness (QED) is 0.828. The maximum absolute atomic E-state index is 12.5. The number of aromatic nitrogens is 1. The molecule has 0 bridgehead atoms. The number of carbonyl (C=O) groups is 1. The largest absolute Gasteiger partial charge is 0.370 e.